The van der Waals surface area contributed by atoms with E-state index >= 15 is 0 Å². The van der Waals surface area contributed by atoms with Crippen LogP contribution in [0.5, 0.6) is 0 Å². The summed E-state index contributed by atoms with van der Waals surface area (Å²) in [5, 5.41) is 9.99. The molecule has 0 radical (unpaired) electrons. The van der Waals surface area contributed by atoms with E-state index in [4.69, 9.17) is 18.6 Å². The van der Waals surface area contributed by atoms with Crippen LogP contribution in [0.25, 0.3) is 5.57 Å². The van der Waals surface area contributed by atoms with Crippen molar-refractivity contribution in [2.24, 2.45) is 0 Å². The molecule has 0 bridgehead atoms. The third-order valence-electron chi connectivity index (χ3n) is 4.73. The Labute approximate surface area is 208 Å². The zero-order chi connectivity index (χ0) is 23.2. The molecular weight excluding hydrogens is 473 g/mol. The SMILES string of the molecule is CN(C)CC1=CCC(c2[c-]cccc2)=C1.OC(c1ccccc1)c1ccccc1.[Cl][Ti][Cl]. The van der Waals surface area contributed by atoms with Crippen LogP contribution in [0.4, 0.5) is 0 Å². The summed E-state index contributed by atoms with van der Waals surface area (Å²) in [6.07, 6.45) is 5.11. The molecule has 1 aliphatic carbocycles. The van der Waals surface area contributed by atoms with Crippen LogP contribution >= 0.6 is 18.6 Å². The van der Waals surface area contributed by atoms with E-state index in [1.807, 2.05) is 72.8 Å². The number of rotatable bonds is 5. The summed E-state index contributed by atoms with van der Waals surface area (Å²) < 4.78 is 0. The third kappa shape index (κ3) is 9.46. The Hall–Kier alpha value is -1.65. The number of hydrogen-bond acceptors (Lipinski definition) is 2. The predicted molar refractivity (Wildman–Crippen MR) is 133 cm³/mol. The Morgan fingerprint density at radius 1 is 0.906 bits per heavy atom. The number of hydrogen-bond donors (Lipinski definition) is 1. The molecule has 32 heavy (non-hydrogen) atoms. The zero-order valence-corrected chi connectivity index (χ0v) is 21.5. The van der Waals surface area contributed by atoms with Gasteiger partial charge in [0.05, 0.1) is 0 Å². The van der Waals surface area contributed by atoms with Gasteiger partial charge in [0.15, 0.2) is 0 Å². The minimum absolute atomic E-state index is 0.516. The van der Waals surface area contributed by atoms with E-state index in [-0.39, 0.29) is 0 Å². The molecule has 5 heteroatoms. The molecule has 3 aromatic rings. The Balaban J connectivity index is 0.000000203. The number of halogens is 2. The first kappa shape index (κ1) is 26.6. The zero-order valence-electron chi connectivity index (χ0n) is 18.4. The molecular formula is C27H28Cl2NOTi-. The summed E-state index contributed by atoms with van der Waals surface area (Å²) in [4.78, 5) is 2.19. The van der Waals surface area contributed by atoms with Gasteiger partial charge in [0.1, 0.15) is 6.10 Å². The van der Waals surface area contributed by atoms with Crippen LogP contribution in [-0.4, -0.2) is 30.6 Å². The van der Waals surface area contributed by atoms with E-state index in [1.165, 1.54) is 16.7 Å². The molecule has 3 aromatic carbocycles. The number of nitrogens with zero attached hydrogens (tertiary/aromatic N) is 1. The fourth-order valence-electron chi connectivity index (χ4n) is 3.30. The van der Waals surface area contributed by atoms with Gasteiger partial charge in [-0.05, 0) is 37.2 Å². The number of allylic oxidation sites excluding steroid dienone is 2. The first-order valence-electron chi connectivity index (χ1n) is 10.3. The van der Waals surface area contributed by atoms with Gasteiger partial charge < -0.3 is 10.0 Å². The summed E-state index contributed by atoms with van der Waals surface area (Å²) in [5.41, 5.74) is 5.87. The molecule has 0 saturated carbocycles. The van der Waals surface area contributed by atoms with Crippen LogP contribution in [0.2, 0.25) is 0 Å². The number of benzene rings is 3. The molecule has 1 N–H and O–H groups in total. The molecule has 0 heterocycles. The molecule has 0 fully saturated rings. The topological polar surface area (TPSA) is 23.5 Å². The summed E-state index contributed by atoms with van der Waals surface area (Å²) >= 11 is -0.556. The molecule has 2 nitrogen and oxygen atoms in total. The van der Waals surface area contributed by atoms with Crippen LogP contribution in [0.3, 0.4) is 0 Å². The molecule has 0 aliphatic heterocycles. The van der Waals surface area contributed by atoms with Crippen molar-refractivity contribution in [1.82, 2.24) is 4.90 Å². The maximum absolute atomic E-state index is 9.99. The molecule has 166 valence electrons. The van der Waals surface area contributed by atoms with Gasteiger partial charge in [-0.3, -0.25) is 0 Å². The Bertz CT molecular complexity index is 921. The quantitative estimate of drug-likeness (QED) is 0.304. The van der Waals surface area contributed by atoms with Gasteiger partial charge >= 0.3 is 35.6 Å². The van der Waals surface area contributed by atoms with Gasteiger partial charge in [-0.15, -0.1) is 41.5 Å². The van der Waals surface area contributed by atoms with Crippen molar-refractivity contribution in [3.63, 3.8) is 0 Å². The van der Waals surface area contributed by atoms with Gasteiger partial charge in [0, 0.05) is 6.54 Å². The standard InChI is InChI=1S/C14H16N.C13H12O.2ClH.Ti/c1-15(2)11-12-8-9-14(10-12)13-6-4-3-5-7-13;14-13(11-7-3-1-4-8-11)12-9-5-2-6-10-12;;;/h3-6,8,10H,9,11H2,1-2H3;1-10,13-14H;2*1H;/q-1;;;;+2/p-2. The molecule has 0 aromatic heterocycles. The monoisotopic (exact) mass is 500 g/mol. The maximum atomic E-state index is 9.99. The van der Waals surface area contributed by atoms with Crippen molar-refractivity contribution in [3.05, 3.63) is 125 Å². The molecule has 4 rings (SSSR count). The molecule has 0 saturated heterocycles. The van der Waals surface area contributed by atoms with Crippen molar-refractivity contribution in [2.75, 3.05) is 20.6 Å². The fourth-order valence-corrected chi connectivity index (χ4v) is 3.30. The normalized spacial score (nSPS) is 12.2. The number of aliphatic hydroxyl groups is 1. The van der Waals surface area contributed by atoms with Crippen LogP contribution in [0.1, 0.15) is 29.2 Å². The van der Waals surface area contributed by atoms with Crippen LogP contribution in [0.15, 0.2) is 103 Å². The molecule has 0 unspecified atom stereocenters. The van der Waals surface area contributed by atoms with Crippen molar-refractivity contribution in [2.45, 2.75) is 12.5 Å². The van der Waals surface area contributed by atoms with E-state index in [9.17, 15) is 5.11 Å². The van der Waals surface area contributed by atoms with Gasteiger partial charge in [0.2, 0.25) is 0 Å². The van der Waals surface area contributed by atoms with Crippen molar-refractivity contribution in [3.8, 4) is 0 Å². The molecule has 0 amide bonds. The van der Waals surface area contributed by atoms with Gasteiger partial charge in [0.25, 0.3) is 0 Å². The summed E-state index contributed by atoms with van der Waals surface area (Å²) in [5.74, 6) is 0. The van der Waals surface area contributed by atoms with Crippen LogP contribution in [0, 0.1) is 6.07 Å². The van der Waals surface area contributed by atoms with Gasteiger partial charge in [-0.2, -0.15) is 0 Å². The third-order valence-corrected chi connectivity index (χ3v) is 4.73. The van der Waals surface area contributed by atoms with Gasteiger partial charge in [-0.25, -0.2) is 0 Å². The molecule has 1 aliphatic rings. The first-order chi connectivity index (χ1) is 15.5. The summed E-state index contributed by atoms with van der Waals surface area (Å²) in [6, 6.07) is 30.8. The second kappa shape index (κ2) is 15.2. The second-order valence-electron chi connectivity index (χ2n) is 7.46. The average molecular weight is 501 g/mol. The Kier molecular flexibility index (Phi) is 12.7. The Morgan fingerprint density at radius 3 is 1.91 bits per heavy atom. The number of likely N-dealkylation sites (N-methyl/N-ethyl adjacent to an activating group) is 1. The summed E-state index contributed by atoms with van der Waals surface area (Å²) in [6.45, 7) is 1.02. The minimum atomic E-state index is -0.556. The second-order valence-corrected chi connectivity index (χ2v) is 10.0. The first-order valence-corrected chi connectivity index (χ1v) is 14.6. The van der Waals surface area contributed by atoms with Crippen LogP contribution in [-0.2, 0) is 17.0 Å². The van der Waals surface area contributed by atoms with E-state index in [0.29, 0.717) is 0 Å². The van der Waals surface area contributed by atoms with E-state index in [2.05, 4.69) is 49.3 Å². The van der Waals surface area contributed by atoms with Crippen molar-refractivity contribution in [1.29, 1.82) is 0 Å². The molecule has 0 atom stereocenters. The predicted octanol–water partition coefficient (Wildman–Crippen LogP) is 6.91. The van der Waals surface area contributed by atoms with E-state index < -0.39 is 23.1 Å². The fraction of sp³-hybridized carbons (Fsp3) is 0.185. The van der Waals surface area contributed by atoms with Crippen molar-refractivity contribution < 1.29 is 22.1 Å². The Morgan fingerprint density at radius 2 is 1.44 bits per heavy atom. The number of aliphatic hydroxyl groups excluding tert-OH is 1. The average Bonchev–Trinajstić information content (AvgIpc) is 3.29. The van der Waals surface area contributed by atoms with Crippen molar-refractivity contribution >= 4 is 24.2 Å². The molecule has 0 spiro atoms. The van der Waals surface area contributed by atoms with E-state index in [0.717, 1.165) is 24.1 Å². The van der Waals surface area contributed by atoms with Gasteiger partial charge in [-0.1, -0.05) is 72.8 Å². The van der Waals surface area contributed by atoms with Crippen LogP contribution < -0.4 is 0 Å². The summed E-state index contributed by atoms with van der Waals surface area (Å²) in [7, 11) is 14.0. The van der Waals surface area contributed by atoms with E-state index in [1.54, 1.807) is 0 Å².